The van der Waals surface area contributed by atoms with Crippen LogP contribution in [-0.4, -0.2) is 40.4 Å². The first-order chi connectivity index (χ1) is 16.0. The molecule has 1 N–H and O–H groups in total. The van der Waals surface area contributed by atoms with Gasteiger partial charge in [0.05, 0.1) is 25.3 Å². The minimum absolute atomic E-state index is 0.0400. The van der Waals surface area contributed by atoms with Crippen molar-refractivity contribution in [2.75, 3.05) is 13.7 Å². The molecule has 168 valence electrons. The number of nitrogens with zero attached hydrogens (tertiary/aromatic N) is 2. The lowest BCUT2D eigenvalue weighted by molar-refractivity contribution is -0.140. The van der Waals surface area contributed by atoms with Crippen molar-refractivity contribution in [1.29, 1.82) is 0 Å². The largest absolute Gasteiger partial charge is 0.507 e. The number of methoxy groups -OCH3 is 1. The number of hydrogen-bond donors (Lipinski definition) is 1. The number of hydrogen-bond acceptors (Lipinski definition) is 6. The summed E-state index contributed by atoms with van der Waals surface area (Å²) in [6.07, 6.45) is 3.29. The van der Waals surface area contributed by atoms with Gasteiger partial charge in [-0.3, -0.25) is 14.6 Å². The number of aromatic nitrogens is 1. The van der Waals surface area contributed by atoms with E-state index < -0.39 is 17.7 Å². The highest BCUT2D eigenvalue weighted by Crippen LogP contribution is 2.40. The minimum atomic E-state index is -0.761. The van der Waals surface area contributed by atoms with Gasteiger partial charge >= 0.3 is 0 Å². The van der Waals surface area contributed by atoms with Crippen LogP contribution >= 0.6 is 0 Å². The van der Waals surface area contributed by atoms with Crippen molar-refractivity contribution in [3.63, 3.8) is 0 Å². The number of likely N-dealkylation sites (tertiary alicyclic amines) is 1. The van der Waals surface area contributed by atoms with Crippen LogP contribution in [0.4, 0.5) is 0 Å². The summed E-state index contributed by atoms with van der Waals surface area (Å²) in [7, 11) is 1.55. The van der Waals surface area contributed by atoms with E-state index in [0.717, 1.165) is 5.56 Å². The molecule has 1 unspecified atom stereocenters. The number of ether oxygens (including phenoxy) is 2. The SMILES string of the molecule is CCOc1ccc(C2/C(=C(\O)c3ccc(OC)cc3)C(=O)C(=O)N2Cc2cccnc2)cc1. The number of Topliss-reactive ketones (excluding diaryl/α,β-unsaturated/α-hetero) is 1. The molecule has 1 aliphatic heterocycles. The van der Waals surface area contributed by atoms with Gasteiger partial charge in [-0.25, -0.2) is 0 Å². The molecule has 0 aliphatic carbocycles. The van der Waals surface area contributed by atoms with Crippen LogP contribution in [0, 0.1) is 0 Å². The molecule has 1 aliphatic rings. The molecule has 3 aromatic rings. The molecule has 0 radical (unpaired) electrons. The zero-order valence-electron chi connectivity index (χ0n) is 18.4. The predicted molar refractivity (Wildman–Crippen MR) is 123 cm³/mol. The van der Waals surface area contributed by atoms with Gasteiger partial charge in [-0.2, -0.15) is 0 Å². The lowest BCUT2D eigenvalue weighted by Gasteiger charge is -2.25. The Morgan fingerprint density at radius 1 is 1.03 bits per heavy atom. The summed E-state index contributed by atoms with van der Waals surface area (Å²) in [5.41, 5.74) is 1.93. The number of ketones is 1. The lowest BCUT2D eigenvalue weighted by Crippen LogP contribution is -2.29. The third kappa shape index (κ3) is 4.43. The van der Waals surface area contributed by atoms with Crippen molar-refractivity contribution in [3.05, 3.63) is 95.3 Å². The van der Waals surface area contributed by atoms with Gasteiger partial charge in [0.15, 0.2) is 0 Å². The minimum Gasteiger partial charge on any atom is -0.507 e. The third-order valence-electron chi connectivity index (χ3n) is 5.49. The van der Waals surface area contributed by atoms with Gasteiger partial charge in [0, 0.05) is 24.5 Å². The lowest BCUT2D eigenvalue weighted by atomic mass is 9.95. The molecule has 2 heterocycles. The van der Waals surface area contributed by atoms with Crippen LogP contribution in [0.1, 0.15) is 29.7 Å². The standard InChI is InChI=1S/C26H24N2O5/c1-3-33-21-12-6-18(7-13-21)23-22(24(29)19-8-10-20(32-2)11-9-19)25(30)26(31)28(23)16-17-5-4-14-27-15-17/h4-15,23,29H,3,16H2,1-2H3/b24-22+. The fourth-order valence-electron chi connectivity index (χ4n) is 3.90. The monoisotopic (exact) mass is 444 g/mol. The summed E-state index contributed by atoms with van der Waals surface area (Å²) in [6.45, 7) is 2.59. The molecule has 4 rings (SSSR count). The zero-order chi connectivity index (χ0) is 23.4. The number of aliphatic hydroxyl groups excluding tert-OH is 1. The molecule has 33 heavy (non-hydrogen) atoms. The van der Waals surface area contributed by atoms with Crippen LogP contribution in [0.3, 0.4) is 0 Å². The Kier molecular flexibility index (Phi) is 6.40. The first kappa shape index (κ1) is 22.1. The molecule has 1 atom stereocenters. The Hall–Kier alpha value is -4.13. The normalized spacial score (nSPS) is 17.3. The van der Waals surface area contributed by atoms with Crippen LogP contribution in [0.5, 0.6) is 11.5 Å². The van der Waals surface area contributed by atoms with Gasteiger partial charge in [0.25, 0.3) is 11.7 Å². The van der Waals surface area contributed by atoms with E-state index in [0.29, 0.717) is 29.2 Å². The van der Waals surface area contributed by atoms with Crippen molar-refractivity contribution in [2.45, 2.75) is 19.5 Å². The van der Waals surface area contributed by atoms with E-state index in [4.69, 9.17) is 9.47 Å². The maximum absolute atomic E-state index is 13.1. The highest BCUT2D eigenvalue weighted by molar-refractivity contribution is 6.46. The van der Waals surface area contributed by atoms with Gasteiger partial charge in [-0.1, -0.05) is 18.2 Å². The molecular formula is C26H24N2O5. The number of benzene rings is 2. The first-order valence-corrected chi connectivity index (χ1v) is 10.6. The van der Waals surface area contributed by atoms with Gasteiger partial charge < -0.3 is 19.5 Å². The van der Waals surface area contributed by atoms with Gasteiger partial charge in [0.2, 0.25) is 0 Å². The van der Waals surface area contributed by atoms with Crippen LogP contribution in [-0.2, 0) is 16.1 Å². The maximum atomic E-state index is 13.1. The Morgan fingerprint density at radius 2 is 1.73 bits per heavy atom. The van der Waals surface area contributed by atoms with Crippen LogP contribution in [0.25, 0.3) is 5.76 Å². The van der Waals surface area contributed by atoms with Crippen molar-refractivity contribution in [3.8, 4) is 11.5 Å². The molecule has 7 heteroatoms. The molecular weight excluding hydrogens is 420 g/mol. The summed E-state index contributed by atoms with van der Waals surface area (Å²) in [6, 6.07) is 16.7. The predicted octanol–water partition coefficient (Wildman–Crippen LogP) is 4.11. The highest BCUT2D eigenvalue weighted by atomic mass is 16.5. The molecule has 1 fully saturated rings. The molecule has 1 aromatic heterocycles. The van der Waals surface area contributed by atoms with Gasteiger partial charge in [-0.15, -0.1) is 0 Å². The topological polar surface area (TPSA) is 89.0 Å². The maximum Gasteiger partial charge on any atom is 0.295 e. The summed E-state index contributed by atoms with van der Waals surface area (Å²) in [4.78, 5) is 31.8. The fraction of sp³-hybridized carbons (Fsp3) is 0.192. The van der Waals surface area contributed by atoms with Crippen molar-refractivity contribution < 1.29 is 24.2 Å². The van der Waals surface area contributed by atoms with Gasteiger partial charge in [0.1, 0.15) is 17.3 Å². The number of carbonyl (C=O) groups excluding carboxylic acids is 2. The average Bonchev–Trinajstić information content (AvgIpc) is 3.10. The van der Waals surface area contributed by atoms with Gasteiger partial charge in [-0.05, 0) is 60.5 Å². The van der Waals surface area contributed by atoms with Crippen LogP contribution in [0.2, 0.25) is 0 Å². The van der Waals surface area contributed by atoms with Crippen LogP contribution in [0.15, 0.2) is 78.6 Å². The molecule has 0 spiro atoms. The van der Waals surface area contributed by atoms with E-state index in [-0.39, 0.29) is 17.9 Å². The summed E-state index contributed by atoms with van der Waals surface area (Å²) in [5.74, 6) is -0.338. The molecule has 2 aromatic carbocycles. The van der Waals surface area contributed by atoms with E-state index >= 15 is 0 Å². The smallest absolute Gasteiger partial charge is 0.295 e. The summed E-state index contributed by atoms with van der Waals surface area (Å²) < 4.78 is 10.7. The van der Waals surface area contributed by atoms with Crippen molar-refractivity contribution in [2.24, 2.45) is 0 Å². The Morgan fingerprint density at radius 3 is 2.33 bits per heavy atom. The molecule has 1 amide bonds. The second kappa shape index (κ2) is 9.56. The Balaban J connectivity index is 1.81. The van der Waals surface area contributed by atoms with E-state index in [2.05, 4.69) is 4.98 Å². The second-order valence-corrected chi connectivity index (χ2v) is 7.52. The summed E-state index contributed by atoms with van der Waals surface area (Å²) in [5, 5.41) is 11.1. The Bertz CT molecular complexity index is 1170. The number of aliphatic hydroxyl groups is 1. The average molecular weight is 444 g/mol. The molecule has 7 nitrogen and oxygen atoms in total. The molecule has 0 bridgehead atoms. The van der Waals surface area contributed by atoms with E-state index in [9.17, 15) is 14.7 Å². The number of carbonyl (C=O) groups is 2. The zero-order valence-corrected chi connectivity index (χ0v) is 18.4. The highest BCUT2D eigenvalue weighted by Gasteiger charge is 2.46. The van der Waals surface area contributed by atoms with Crippen LogP contribution < -0.4 is 9.47 Å². The first-order valence-electron chi connectivity index (χ1n) is 10.6. The van der Waals surface area contributed by atoms with E-state index in [1.165, 1.54) is 4.90 Å². The number of rotatable bonds is 7. The second-order valence-electron chi connectivity index (χ2n) is 7.52. The molecule has 1 saturated heterocycles. The summed E-state index contributed by atoms with van der Waals surface area (Å²) >= 11 is 0. The third-order valence-corrected chi connectivity index (χ3v) is 5.49. The molecule has 0 saturated carbocycles. The number of amides is 1. The fourth-order valence-corrected chi connectivity index (χ4v) is 3.90. The number of pyridine rings is 1. The van der Waals surface area contributed by atoms with E-state index in [1.807, 2.05) is 13.0 Å². The van der Waals surface area contributed by atoms with Crippen molar-refractivity contribution >= 4 is 17.4 Å². The quantitative estimate of drug-likeness (QED) is 0.335. The Labute approximate surface area is 191 Å². The van der Waals surface area contributed by atoms with E-state index in [1.54, 1.807) is 74.1 Å². The van der Waals surface area contributed by atoms with Crippen molar-refractivity contribution in [1.82, 2.24) is 9.88 Å².